The summed E-state index contributed by atoms with van der Waals surface area (Å²) in [4.78, 5) is 0. The van der Waals surface area contributed by atoms with E-state index in [4.69, 9.17) is 0 Å². The van der Waals surface area contributed by atoms with Gasteiger partial charge < -0.3 is 5.32 Å². The zero-order chi connectivity index (χ0) is 6.53. The minimum Gasteiger partial charge on any atom is -0.348 e. The number of rotatable bonds is 3. The van der Waals surface area contributed by atoms with Crippen molar-refractivity contribution in [2.24, 2.45) is 0 Å². The molecule has 1 aromatic heterocycles. The summed E-state index contributed by atoms with van der Waals surface area (Å²) < 4.78 is 0. The highest BCUT2D eigenvalue weighted by molar-refractivity contribution is 5.01. The highest BCUT2D eigenvalue weighted by atomic mass is 15.1. The van der Waals surface area contributed by atoms with E-state index in [2.05, 4.69) is 22.6 Å². The number of nitrogens with zero attached hydrogens (tertiary/aromatic N) is 1. The molecule has 0 spiro atoms. The van der Waals surface area contributed by atoms with Crippen LogP contribution >= 0.6 is 0 Å². The smallest absolute Gasteiger partial charge is 0.0795 e. The third-order valence-corrected chi connectivity index (χ3v) is 1.28. The third-order valence-electron chi connectivity index (χ3n) is 1.28. The van der Waals surface area contributed by atoms with Crippen LogP contribution in [0.25, 0.3) is 0 Å². The first-order chi connectivity index (χ1) is 4.43. The quantitative estimate of drug-likeness (QED) is 0.544. The van der Waals surface area contributed by atoms with Gasteiger partial charge in [0.1, 0.15) is 0 Å². The Kier molecular flexibility index (Phi) is 2.27. The van der Waals surface area contributed by atoms with Crippen LogP contribution in [0, 0.1) is 0 Å². The molecule has 1 aromatic rings. The fourth-order valence-corrected chi connectivity index (χ4v) is 0.725. The molecule has 0 unspecified atom stereocenters. The Morgan fingerprint density at radius 3 is 3.22 bits per heavy atom. The molecule has 0 atom stereocenters. The van der Waals surface area contributed by atoms with Gasteiger partial charge in [-0.1, -0.05) is 0 Å². The summed E-state index contributed by atoms with van der Waals surface area (Å²) in [5, 5.41) is 8.77. The Morgan fingerprint density at radius 1 is 1.78 bits per heavy atom. The number of aromatic amines is 1. The van der Waals surface area contributed by atoms with Gasteiger partial charge in [0.05, 0.1) is 19.8 Å². The van der Waals surface area contributed by atoms with E-state index in [0.29, 0.717) is 0 Å². The SMILES string of the molecule is C[NH2+]CCc1cn[nH]c1. The lowest BCUT2D eigenvalue weighted by atomic mass is 10.3. The van der Waals surface area contributed by atoms with E-state index < -0.39 is 0 Å². The van der Waals surface area contributed by atoms with Gasteiger partial charge in [0, 0.05) is 12.6 Å². The van der Waals surface area contributed by atoms with Gasteiger partial charge >= 0.3 is 0 Å². The molecule has 3 heteroatoms. The fraction of sp³-hybridized carbons (Fsp3) is 0.500. The monoisotopic (exact) mass is 126 g/mol. The number of hydrogen-bond acceptors (Lipinski definition) is 1. The van der Waals surface area contributed by atoms with Gasteiger partial charge in [-0.25, -0.2) is 0 Å². The molecular weight excluding hydrogens is 114 g/mol. The maximum atomic E-state index is 3.84. The van der Waals surface area contributed by atoms with E-state index >= 15 is 0 Å². The first kappa shape index (κ1) is 6.29. The van der Waals surface area contributed by atoms with E-state index in [1.807, 2.05) is 12.4 Å². The molecule has 0 radical (unpaired) electrons. The highest BCUT2D eigenvalue weighted by Gasteiger charge is 1.91. The number of aromatic nitrogens is 2. The topological polar surface area (TPSA) is 45.3 Å². The van der Waals surface area contributed by atoms with Crippen molar-refractivity contribution in [3.05, 3.63) is 18.0 Å². The van der Waals surface area contributed by atoms with Crippen LogP contribution in [0.4, 0.5) is 0 Å². The normalized spacial score (nSPS) is 9.89. The van der Waals surface area contributed by atoms with E-state index in [0.717, 1.165) is 13.0 Å². The molecule has 1 heterocycles. The zero-order valence-electron chi connectivity index (χ0n) is 5.59. The lowest BCUT2D eigenvalue weighted by Crippen LogP contribution is -2.80. The molecule has 0 aliphatic carbocycles. The van der Waals surface area contributed by atoms with Crippen LogP contribution in [0.1, 0.15) is 5.56 Å². The van der Waals surface area contributed by atoms with Crippen LogP contribution in [-0.4, -0.2) is 23.8 Å². The van der Waals surface area contributed by atoms with Gasteiger partial charge in [-0.15, -0.1) is 0 Å². The molecule has 0 saturated heterocycles. The summed E-state index contributed by atoms with van der Waals surface area (Å²) in [5.74, 6) is 0. The Morgan fingerprint density at radius 2 is 2.67 bits per heavy atom. The number of H-pyrrole nitrogens is 1. The average molecular weight is 126 g/mol. The Labute approximate surface area is 54.5 Å². The largest absolute Gasteiger partial charge is 0.348 e. The molecule has 9 heavy (non-hydrogen) atoms. The lowest BCUT2D eigenvalue weighted by Gasteiger charge is -1.89. The summed E-state index contributed by atoms with van der Waals surface area (Å²) >= 11 is 0. The summed E-state index contributed by atoms with van der Waals surface area (Å²) in [6.07, 6.45) is 4.90. The van der Waals surface area contributed by atoms with Crippen LogP contribution in [0.15, 0.2) is 12.4 Å². The molecule has 50 valence electrons. The summed E-state index contributed by atoms with van der Waals surface area (Å²) in [6.45, 7) is 1.14. The van der Waals surface area contributed by atoms with E-state index in [9.17, 15) is 0 Å². The zero-order valence-corrected chi connectivity index (χ0v) is 5.59. The summed E-state index contributed by atoms with van der Waals surface area (Å²) in [7, 11) is 2.07. The second-order valence-corrected chi connectivity index (χ2v) is 2.05. The molecule has 1 rings (SSSR count). The number of likely N-dealkylation sites (N-methyl/N-ethyl adjacent to an activating group) is 1. The molecular formula is C6H12N3+. The molecule has 0 bridgehead atoms. The van der Waals surface area contributed by atoms with Gasteiger partial charge in [-0.2, -0.15) is 5.10 Å². The standard InChI is InChI=1S/C6H11N3/c1-7-3-2-6-4-8-9-5-6/h4-5,7H,2-3H2,1H3,(H,8,9)/p+1. The van der Waals surface area contributed by atoms with Crippen molar-refractivity contribution in [3.63, 3.8) is 0 Å². The van der Waals surface area contributed by atoms with Crippen molar-refractivity contribution in [2.75, 3.05) is 13.6 Å². The number of quaternary nitrogens is 1. The van der Waals surface area contributed by atoms with Gasteiger partial charge in [0.25, 0.3) is 0 Å². The van der Waals surface area contributed by atoms with E-state index in [1.54, 1.807) is 0 Å². The Bertz CT molecular complexity index is 145. The molecule has 0 fully saturated rings. The van der Waals surface area contributed by atoms with Crippen molar-refractivity contribution >= 4 is 0 Å². The van der Waals surface area contributed by atoms with Crippen LogP contribution in [0.2, 0.25) is 0 Å². The molecule has 0 saturated carbocycles. The number of nitrogens with two attached hydrogens (primary N) is 1. The first-order valence-corrected chi connectivity index (χ1v) is 3.19. The van der Waals surface area contributed by atoms with Gasteiger partial charge in [-0.3, -0.25) is 5.10 Å². The second kappa shape index (κ2) is 3.25. The van der Waals surface area contributed by atoms with Crippen molar-refractivity contribution in [2.45, 2.75) is 6.42 Å². The van der Waals surface area contributed by atoms with Crippen LogP contribution < -0.4 is 5.32 Å². The third kappa shape index (κ3) is 1.85. The Hall–Kier alpha value is -0.830. The molecule has 0 aliphatic heterocycles. The summed E-state index contributed by atoms with van der Waals surface area (Å²) in [5.41, 5.74) is 1.29. The van der Waals surface area contributed by atoms with Crippen LogP contribution in [-0.2, 0) is 6.42 Å². The van der Waals surface area contributed by atoms with Crippen molar-refractivity contribution in [1.82, 2.24) is 10.2 Å². The number of hydrogen-bond donors (Lipinski definition) is 2. The maximum absolute atomic E-state index is 3.84. The highest BCUT2D eigenvalue weighted by Crippen LogP contribution is 1.90. The molecule has 0 aliphatic rings. The van der Waals surface area contributed by atoms with Crippen molar-refractivity contribution in [3.8, 4) is 0 Å². The number of nitrogens with one attached hydrogen (secondary N) is 1. The predicted octanol–water partition coefficient (Wildman–Crippen LogP) is -0.855. The fourth-order valence-electron chi connectivity index (χ4n) is 0.725. The minimum atomic E-state index is 1.10. The van der Waals surface area contributed by atoms with Crippen molar-refractivity contribution in [1.29, 1.82) is 0 Å². The molecule has 3 nitrogen and oxygen atoms in total. The summed E-state index contributed by atoms with van der Waals surface area (Å²) in [6, 6.07) is 0. The average Bonchev–Trinajstić information content (AvgIpc) is 2.34. The molecule has 0 aromatic carbocycles. The van der Waals surface area contributed by atoms with Gasteiger partial charge in [0.15, 0.2) is 0 Å². The first-order valence-electron chi connectivity index (χ1n) is 3.19. The van der Waals surface area contributed by atoms with Gasteiger partial charge in [-0.05, 0) is 5.56 Å². The van der Waals surface area contributed by atoms with E-state index in [1.165, 1.54) is 5.56 Å². The molecule has 3 N–H and O–H groups in total. The predicted molar refractivity (Wildman–Crippen MR) is 35.0 cm³/mol. The van der Waals surface area contributed by atoms with Crippen molar-refractivity contribution < 1.29 is 5.32 Å². The maximum Gasteiger partial charge on any atom is 0.0795 e. The molecule has 0 amide bonds. The van der Waals surface area contributed by atoms with E-state index in [-0.39, 0.29) is 0 Å². The second-order valence-electron chi connectivity index (χ2n) is 2.05. The van der Waals surface area contributed by atoms with Gasteiger partial charge in [0.2, 0.25) is 0 Å². The Balaban J connectivity index is 2.30. The minimum absolute atomic E-state index is 1.10. The lowest BCUT2D eigenvalue weighted by molar-refractivity contribution is -0.626. The van der Waals surface area contributed by atoms with Crippen LogP contribution in [0.3, 0.4) is 0 Å². The van der Waals surface area contributed by atoms with Crippen LogP contribution in [0.5, 0.6) is 0 Å².